The number of hydrogen-bond acceptors (Lipinski definition) is 5. The fourth-order valence-corrected chi connectivity index (χ4v) is 4.50. The number of imide groups is 1. The first-order valence-electron chi connectivity index (χ1n) is 11.5. The van der Waals surface area contributed by atoms with E-state index in [1.165, 1.54) is 4.90 Å². The van der Waals surface area contributed by atoms with Gasteiger partial charge in [-0.05, 0) is 82.5 Å². The molecule has 0 radical (unpaired) electrons. The number of anilines is 1. The van der Waals surface area contributed by atoms with Gasteiger partial charge < -0.3 is 14.4 Å². The fourth-order valence-electron chi connectivity index (χ4n) is 4.50. The topological polar surface area (TPSA) is 59.1 Å². The molecule has 2 unspecified atom stereocenters. The van der Waals surface area contributed by atoms with Crippen molar-refractivity contribution in [3.63, 3.8) is 0 Å². The van der Waals surface area contributed by atoms with Gasteiger partial charge in [-0.15, -0.1) is 0 Å². The molecule has 0 N–H and O–H groups in total. The Kier molecular flexibility index (Phi) is 6.30. The molecule has 2 aliphatic rings. The molecule has 2 heterocycles. The van der Waals surface area contributed by atoms with E-state index in [1.807, 2.05) is 88.9 Å². The van der Waals surface area contributed by atoms with E-state index in [0.29, 0.717) is 35.6 Å². The Morgan fingerprint density at radius 1 is 0.909 bits per heavy atom. The molecule has 2 aromatic carbocycles. The number of amides is 2. The second-order valence-corrected chi connectivity index (χ2v) is 9.29. The van der Waals surface area contributed by atoms with Crippen LogP contribution in [0.4, 0.5) is 5.69 Å². The molecule has 6 nitrogen and oxygen atoms in total. The largest absolute Gasteiger partial charge is 0.491 e. The van der Waals surface area contributed by atoms with E-state index in [4.69, 9.17) is 9.47 Å². The molecule has 0 bridgehead atoms. The van der Waals surface area contributed by atoms with Crippen molar-refractivity contribution in [3.05, 3.63) is 64.9 Å². The Hall–Kier alpha value is -3.12. The summed E-state index contributed by atoms with van der Waals surface area (Å²) in [5.41, 5.74) is 4.32. The fraction of sp³-hybridized carbons (Fsp3) is 0.407. The first kappa shape index (κ1) is 23.1. The molecule has 33 heavy (non-hydrogen) atoms. The first-order chi connectivity index (χ1) is 15.7. The minimum Gasteiger partial charge on any atom is -0.491 e. The lowest BCUT2D eigenvalue weighted by Crippen LogP contribution is -2.47. The van der Waals surface area contributed by atoms with E-state index in [1.54, 1.807) is 0 Å². The highest BCUT2D eigenvalue weighted by Crippen LogP contribution is 2.37. The summed E-state index contributed by atoms with van der Waals surface area (Å²) in [6.07, 6.45) is -0.0253. The summed E-state index contributed by atoms with van der Waals surface area (Å²) >= 11 is 0. The molecule has 6 heteroatoms. The molecule has 0 saturated carbocycles. The van der Waals surface area contributed by atoms with Crippen LogP contribution in [-0.4, -0.2) is 48.1 Å². The lowest BCUT2D eigenvalue weighted by Gasteiger charge is -2.37. The van der Waals surface area contributed by atoms with Crippen LogP contribution >= 0.6 is 0 Å². The molecule has 1 saturated heterocycles. The number of benzene rings is 2. The summed E-state index contributed by atoms with van der Waals surface area (Å²) in [5.74, 6) is 0.136. The zero-order valence-corrected chi connectivity index (χ0v) is 20.2. The SMILES string of the molecule is Cc1ccc(N2C(=O)C(c3ccc(OC(C)C)cc3)=C(N3CC(C)OC(C)C3)C2=O)cc1C. The summed E-state index contributed by atoms with van der Waals surface area (Å²) in [4.78, 5) is 30.8. The molecule has 4 rings (SSSR count). The summed E-state index contributed by atoms with van der Waals surface area (Å²) < 4.78 is 11.6. The predicted molar refractivity (Wildman–Crippen MR) is 129 cm³/mol. The molecule has 0 aromatic heterocycles. The summed E-state index contributed by atoms with van der Waals surface area (Å²) in [6.45, 7) is 13.0. The van der Waals surface area contributed by atoms with Crippen LogP contribution in [0.3, 0.4) is 0 Å². The summed E-state index contributed by atoms with van der Waals surface area (Å²) in [6, 6.07) is 13.1. The van der Waals surface area contributed by atoms with Crippen molar-refractivity contribution in [2.45, 2.75) is 59.9 Å². The van der Waals surface area contributed by atoms with Crippen molar-refractivity contribution in [1.82, 2.24) is 4.90 Å². The molecular formula is C27H32N2O4. The third kappa shape index (κ3) is 4.53. The van der Waals surface area contributed by atoms with Crippen molar-refractivity contribution in [2.24, 2.45) is 0 Å². The number of morpholine rings is 1. The zero-order chi connectivity index (χ0) is 23.9. The van der Waals surface area contributed by atoms with Gasteiger partial charge in [0.25, 0.3) is 11.8 Å². The van der Waals surface area contributed by atoms with E-state index < -0.39 is 0 Å². The monoisotopic (exact) mass is 448 g/mol. The van der Waals surface area contributed by atoms with Gasteiger partial charge in [-0.25, -0.2) is 4.90 Å². The minimum absolute atomic E-state index is 0.0390. The molecule has 174 valence electrons. The first-order valence-corrected chi connectivity index (χ1v) is 11.5. The van der Waals surface area contributed by atoms with Gasteiger partial charge in [-0.1, -0.05) is 18.2 Å². The van der Waals surface area contributed by atoms with Crippen molar-refractivity contribution in [2.75, 3.05) is 18.0 Å². The Labute approximate surface area is 195 Å². The lowest BCUT2D eigenvalue weighted by atomic mass is 10.0. The van der Waals surface area contributed by atoms with Crippen LogP contribution in [0.2, 0.25) is 0 Å². The quantitative estimate of drug-likeness (QED) is 0.631. The molecule has 2 amide bonds. The van der Waals surface area contributed by atoms with E-state index in [9.17, 15) is 9.59 Å². The van der Waals surface area contributed by atoms with Gasteiger partial charge in [-0.3, -0.25) is 9.59 Å². The van der Waals surface area contributed by atoms with Crippen molar-refractivity contribution in [3.8, 4) is 5.75 Å². The Balaban J connectivity index is 1.79. The Morgan fingerprint density at radius 2 is 1.55 bits per heavy atom. The summed E-state index contributed by atoms with van der Waals surface area (Å²) in [7, 11) is 0. The third-order valence-corrected chi connectivity index (χ3v) is 6.06. The lowest BCUT2D eigenvalue weighted by molar-refractivity contribution is -0.121. The number of hydrogen-bond donors (Lipinski definition) is 0. The maximum atomic E-state index is 13.8. The van der Waals surface area contributed by atoms with Crippen LogP contribution in [0.5, 0.6) is 5.75 Å². The molecule has 2 aromatic rings. The number of carbonyl (C=O) groups is 2. The van der Waals surface area contributed by atoms with E-state index in [0.717, 1.165) is 16.9 Å². The molecule has 2 aliphatic heterocycles. The van der Waals surface area contributed by atoms with Crippen LogP contribution in [-0.2, 0) is 14.3 Å². The predicted octanol–water partition coefficient (Wildman–Crippen LogP) is 4.48. The zero-order valence-electron chi connectivity index (χ0n) is 20.2. The Morgan fingerprint density at radius 3 is 2.12 bits per heavy atom. The number of ether oxygens (including phenoxy) is 2. The normalized spacial score (nSPS) is 21.4. The van der Waals surface area contributed by atoms with Crippen LogP contribution < -0.4 is 9.64 Å². The van der Waals surface area contributed by atoms with Crippen LogP contribution in [0, 0.1) is 13.8 Å². The van der Waals surface area contributed by atoms with Crippen molar-refractivity contribution in [1.29, 1.82) is 0 Å². The molecular weight excluding hydrogens is 416 g/mol. The molecule has 1 fully saturated rings. The van der Waals surface area contributed by atoms with Crippen LogP contribution in [0.25, 0.3) is 5.57 Å². The number of aryl methyl sites for hydroxylation is 2. The van der Waals surface area contributed by atoms with Crippen molar-refractivity contribution < 1.29 is 19.1 Å². The minimum atomic E-state index is -0.303. The second-order valence-electron chi connectivity index (χ2n) is 9.29. The molecule has 0 spiro atoms. The van der Waals surface area contributed by atoms with Gasteiger partial charge in [0.05, 0.1) is 29.6 Å². The smallest absolute Gasteiger partial charge is 0.282 e. The highest BCUT2D eigenvalue weighted by atomic mass is 16.5. The van der Waals surface area contributed by atoms with E-state index >= 15 is 0 Å². The van der Waals surface area contributed by atoms with Gasteiger partial charge in [0, 0.05) is 13.1 Å². The van der Waals surface area contributed by atoms with Gasteiger partial charge in [0.2, 0.25) is 0 Å². The molecule has 2 atom stereocenters. The highest BCUT2D eigenvalue weighted by molar-refractivity contribution is 6.45. The second kappa shape index (κ2) is 9.02. The standard InChI is InChI=1S/C27H32N2O4/c1-16(2)32-23-11-8-21(9-12-23)24-25(28-14-19(5)33-20(6)15-28)27(31)29(26(24)30)22-10-7-17(3)18(4)13-22/h7-13,16,19-20H,14-15H2,1-6H3. The number of carbonyl (C=O) groups excluding carboxylic acids is 2. The average Bonchev–Trinajstić information content (AvgIpc) is 3.00. The van der Waals surface area contributed by atoms with Crippen LogP contribution in [0.1, 0.15) is 44.4 Å². The highest BCUT2D eigenvalue weighted by Gasteiger charge is 2.44. The molecule has 0 aliphatic carbocycles. The van der Waals surface area contributed by atoms with Crippen molar-refractivity contribution >= 4 is 23.1 Å². The Bertz CT molecular complexity index is 1090. The van der Waals surface area contributed by atoms with Gasteiger partial charge in [-0.2, -0.15) is 0 Å². The third-order valence-electron chi connectivity index (χ3n) is 6.06. The maximum absolute atomic E-state index is 13.8. The number of nitrogens with zero attached hydrogens (tertiary/aromatic N) is 2. The number of rotatable bonds is 5. The average molecular weight is 449 g/mol. The van der Waals surface area contributed by atoms with Gasteiger partial charge in [0.15, 0.2) is 0 Å². The van der Waals surface area contributed by atoms with Gasteiger partial charge >= 0.3 is 0 Å². The van der Waals surface area contributed by atoms with E-state index in [-0.39, 0.29) is 30.1 Å². The van der Waals surface area contributed by atoms with Gasteiger partial charge in [0.1, 0.15) is 11.4 Å². The maximum Gasteiger partial charge on any atom is 0.282 e. The van der Waals surface area contributed by atoms with E-state index in [2.05, 4.69) is 0 Å². The summed E-state index contributed by atoms with van der Waals surface area (Å²) in [5, 5.41) is 0. The van der Waals surface area contributed by atoms with Crippen LogP contribution in [0.15, 0.2) is 48.2 Å².